The van der Waals surface area contributed by atoms with Crippen LogP contribution in [0.3, 0.4) is 0 Å². The van der Waals surface area contributed by atoms with Gasteiger partial charge in [0.1, 0.15) is 0 Å². The van der Waals surface area contributed by atoms with Crippen molar-refractivity contribution < 1.29 is 4.74 Å². The quantitative estimate of drug-likeness (QED) is 0.680. The Bertz CT molecular complexity index is 520. The molecule has 1 aromatic rings. The van der Waals surface area contributed by atoms with Crippen LogP contribution in [0.4, 0.5) is 5.69 Å². The topological polar surface area (TPSA) is 54.1 Å². The number of hydrogen-bond donors (Lipinski definition) is 1. The Kier molecular flexibility index (Phi) is 5.62. The van der Waals surface area contributed by atoms with Gasteiger partial charge in [-0.2, -0.15) is 0 Å². The number of aliphatic imine (C=N–C) groups is 1. The highest BCUT2D eigenvalue weighted by Crippen LogP contribution is 2.19. The van der Waals surface area contributed by atoms with Crippen LogP contribution in [-0.2, 0) is 4.74 Å². The van der Waals surface area contributed by atoms with E-state index in [4.69, 9.17) is 22.1 Å². The van der Waals surface area contributed by atoms with Gasteiger partial charge in [0.2, 0.25) is 0 Å². The maximum atomic E-state index is 6.15. The summed E-state index contributed by atoms with van der Waals surface area (Å²) >= 11 is 5.94. The minimum absolute atomic E-state index is 0.248. The van der Waals surface area contributed by atoms with Gasteiger partial charge < -0.3 is 20.3 Å². The minimum Gasteiger partial charge on any atom is -0.376 e. The molecule has 0 bridgehead atoms. The molecule has 5 nitrogen and oxygen atoms in total. The van der Waals surface area contributed by atoms with E-state index in [1.165, 1.54) is 18.5 Å². The zero-order valence-electron chi connectivity index (χ0n) is 13.5. The second-order valence-corrected chi connectivity index (χ2v) is 6.57. The van der Waals surface area contributed by atoms with Crippen molar-refractivity contribution in [1.82, 2.24) is 4.90 Å². The fraction of sp³-hybridized carbons (Fsp3) is 0.588. The SMILES string of the molecule is NC(=NCC1CCCCO1)N1CCN(c2ccc(Cl)cc2)CC1. The van der Waals surface area contributed by atoms with E-state index in [1.54, 1.807) is 0 Å². The van der Waals surface area contributed by atoms with Gasteiger partial charge in [-0.15, -0.1) is 0 Å². The van der Waals surface area contributed by atoms with Crippen molar-refractivity contribution in [3.63, 3.8) is 0 Å². The Balaban J connectivity index is 1.48. The maximum absolute atomic E-state index is 6.15. The average molecular weight is 337 g/mol. The first kappa shape index (κ1) is 16.4. The largest absolute Gasteiger partial charge is 0.376 e. The molecule has 2 N–H and O–H groups in total. The van der Waals surface area contributed by atoms with Crippen molar-refractivity contribution in [3.05, 3.63) is 29.3 Å². The van der Waals surface area contributed by atoms with Gasteiger partial charge in [-0.25, -0.2) is 0 Å². The van der Waals surface area contributed by atoms with Gasteiger partial charge in [0.05, 0.1) is 12.6 Å². The van der Waals surface area contributed by atoms with Crippen LogP contribution in [-0.4, -0.2) is 56.3 Å². The second-order valence-electron chi connectivity index (χ2n) is 6.14. The van der Waals surface area contributed by atoms with Crippen molar-refractivity contribution >= 4 is 23.2 Å². The third-order valence-corrected chi connectivity index (χ3v) is 4.78. The molecule has 0 radical (unpaired) electrons. The lowest BCUT2D eigenvalue weighted by molar-refractivity contribution is 0.0223. The zero-order valence-corrected chi connectivity index (χ0v) is 14.2. The molecule has 0 amide bonds. The molecule has 3 rings (SSSR count). The van der Waals surface area contributed by atoms with Crippen molar-refractivity contribution in [3.8, 4) is 0 Å². The summed E-state index contributed by atoms with van der Waals surface area (Å²) in [6.45, 7) is 5.21. The van der Waals surface area contributed by atoms with Gasteiger partial charge in [-0.05, 0) is 43.5 Å². The standard InChI is InChI=1S/C17H25ClN4O/c18-14-4-6-15(7-5-14)21-8-10-22(11-9-21)17(19)20-13-16-3-1-2-12-23-16/h4-7,16H,1-3,8-13H2,(H2,19,20). The number of halogens is 1. The highest BCUT2D eigenvalue weighted by atomic mass is 35.5. The molecule has 0 saturated carbocycles. The number of nitrogens with zero attached hydrogens (tertiary/aromatic N) is 3. The number of ether oxygens (including phenoxy) is 1. The van der Waals surface area contributed by atoms with Gasteiger partial charge in [0.15, 0.2) is 5.96 Å². The molecule has 2 saturated heterocycles. The number of anilines is 1. The Hall–Kier alpha value is -1.46. The highest BCUT2D eigenvalue weighted by molar-refractivity contribution is 6.30. The summed E-state index contributed by atoms with van der Waals surface area (Å²) in [6, 6.07) is 8.00. The normalized spacial score (nSPS) is 23.2. The Labute approximate surface area is 143 Å². The van der Waals surface area contributed by atoms with E-state index < -0.39 is 0 Å². The summed E-state index contributed by atoms with van der Waals surface area (Å²) < 4.78 is 5.70. The number of guanidine groups is 1. The molecular weight excluding hydrogens is 312 g/mol. The van der Waals surface area contributed by atoms with Crippen LogP contribution >= 0.6 is 11.6 Å². The van der Waals surface area contributed by atoms with Crippen molar-refractivity contribution in [1.29, 1.82) is 0 Å². The summed E-state index contributed by atoms with van der Waals surface area (Å²) in [6.07, 6.45) is 3.75. The first-order valence-corrected chi connectivity index (χ1v) is 8.77. The van der Waals surface area contributed by atoms with E-state index in [0.717, 1.165) is 44.2 Å². The Morgan fingerprint density at radius 2 is 1.91 bits per heavy atom. The number of hydrogen-bond acceptors (Lipinski definition) is 3. The van der Waals surface area contributed by atoms with Gasteiger partial charge in [0, 0.05) is 43.5 Å². The van der Waals surface area contributed by atoms with Crippen LogP contribution in [0.25, 0.3) is 0 Å². The Morgan fingerprint density at radius 1 is 1.17 bits per heavy atom. The molecule has 1 atom stereocenters. The fourth-order valence-corrected chi connectivity index (χ4v) is 3.22. The maximum Gasteiger partial charge on any atom is 0.191 e. The summed E-state index contributed by atoms with van der Waals surface area (Å²) in [5.74, 6) is 0.648. The molecule has 126 valence electrons. The van der Waals surface area contributed by atoms with Crippen LogP contribution in [0, 0.1) is 0 Å². The van der Waals surface area contributed by atoms with Crippen LogP contribution in [0.1, 0.15) is 19.3 Å². The zero-order chi connectivity index (χ0) is 16.1. The first-order chi connectivity index (χ1) is 11.2. The lowest BCUT2D eigenvalue weighted by atomic mass is 10.1. The van der Waals surface area contributed by atoms with Gasteiger partial charge in [-0.1, -0.05) is 11.6 Å². The second kappa shape index (κ2) is 7.88. The number of nitrogens with two attached hydrogens (primary N) is 1. The smallest absolute Gasteiger partial charge is 0.191 e. The van der Waals surface area contributed by atoms with E-state index >= 15 is 0 Å². The molecular formula is C17H25ClN4O. The molecule has 1 aromatic carbocycles. The molecule has 2 aliphatic rings. The highest BCUT2D eigenvalue weighted by Gasteiger charge is 2.19. The van der Waals surface area contributed by atoms with E-state index in [0.29, 0.717) is 12.5 Å². The predicted molar refractivity (Wildman–Crippen MR) is 95.3 cm³/mol. The summed E-state index contributed by atoms with van der Waals surface area (Å²) in [7, 11) is 0. The molecule has 2 fully saturated rings. The average Bonchev–Trinajstić information content (AvgIpc) is 2.61. The minimum atomic E-state index is 0.248. The lowest BCUT2D eigenvalue weighted by Gasteiger charge is -2.36. The summed E-state index contributed by atoms with van der Waals surface area (Å²) in [4.78, 5) is 9.05. The molecule has 2 aliphatic heterocycles. The van der Waals surface area contributed by atoms with E-state index in [9.17, 15) is 0 Å². The van der Waals surface area contributed by atoms with Crippen LogP contribution in [0.2, 0.25) is 5.02 Å². The molecule has 0 spiro atoms. The van der Waals surface area contributed by atoms with Crippen molar-refractivity contribution in [2.24, 2.45) is 10.7 Å². The third-order valence-electron chi connectivity index (χ3n) is 4.53. The van der Waals surface area contributed by atoms with Crippen molar-refractivity contribution in [2.75, 3.05) is 44.2 Å². The molecule has 1 unspecified atom stereocenters. The molecule has 6 heteroatoms. The molecule has 2 heterocycles. The first-order valence-electron chi connectivity index (χ1n) is 8.39. The van der Waals surface area contributed by atoms with Gasteiger partial charge in [-0.3, -0.25) is 4.99 Å². The van der Waals surface area contributed by atoms with Crippen molar-refractivity contribution in [2.45, 2.75) is 25.4 Å². The predicted octanol–water partition coefficient (Wildman–Crippen LogP) is 2.35. The lowest BCUT2D eigenvalue weighted by Crippen LogP contribution is -2.51. The number of piperazine rings is 1. The molecule has 23 heavy (non-hydrogen) atoms. The van der Waals surface area contributed by atoms with E-state index in [2.05, 4.69) is 26.9 Å². The third kappa shape index (κ3) is 4.52. The van der Waals surface area contributed by atoms with Crippen LogP contribution in [0.15, 0.2) is 29.3 Å². The summed E-state index contributed by atoms with van der Waals surface area (Å²) in [5, 5.41) is 0.772. The van der Waals surface area contributed by atoms with E-state index in [-0.39, 0.29) is 6.10 Å². The van der Waals surface area contributed by atoms with E-state index in [1.807, 2.05) is 12.1 Å². The van der Waals surface area contributed by atoms with Gasteiger partial charge in [0.25, 0.3) is 0 Å². The Morgan fingerprint density at radius 3 is 2.57 bits per heavy atom. The van der Waals surface area contributed by atoms with Crippen LogP contribution in [0.5, 0.6) is 0 Å². The molecule has 0 aromatic heterocycles. The number of rotatable bonds is 3. The fourth-order valence-electron chi connectivity index (χ4n) is 3.09. The number of benzene rings is 1. The monoisotopic (exact) mass is 336 g/mol. The summed E-state index contributed by atoms with van der Waals surface area (Å²) in [5.41, 5.74) is 7.36. The molecule has 0 aliphatic carbocycles. The van der Waals surface area contributed by atoms with Gasteiger partial charge >= 0.3 is 0 Å². The van der Waals surface area contributed by atoms with Crippen LogP contribution < -0.4 is 10.6 Å².